The first-order chi connectivity index (χ1) is 21.1. The third-order valence-electron chi connectivity index (χ3n) is 6.87. The van der Waals surface area contributed by atoms with Crippen LogP contribution >= 0.6 is 0 Å². The average Bonchev–Trinajstić information content (AvgIpc) is 2.76. The molecule has 1 aromatic carbocycles. The van der Waals surface area contributed by atoms with Crippen LogP contribution < -0.4 is 0 Å². The molecule has 0 radical (unpaired) electrons. The van der Waals surface area contributed by atoms with E-state index in [1.54, 1.807) is 20.8 Å². The van der Waals surface area contributed by atoms with Crippen molar-refractivity contribution in [3.63, 3.8) is 0 Å². The Hall–Kier alpha value is -0.920. The second kappa shape index (κ2) is 25.1. The van der Waals surface area contributed by atoms with Gasteiger partial charge in [-0.1, -0.05) is 208 Å². The molecule has 0 fully saturated rings. The van der Waals surface area contributed by atoms with Crippen molar-refractivity contribution in [2.24, 2.45) is 44.3 Å². The number of hydrogen-bond acceptors (Lipinski definition) is 0. The number of benzene rings is 1. The minimum atomic E-state index is -2.16. The quantitative estimate of drug-likeness (QED) is 0.256. The SMILES string of the molecule is CC(C)(C)CC(C)(C)C.CC(C)(C)CC(F)F.CC(C)(C)Cc1ccccc1.CC(C)CC(C)(C)C.CCCCC(CC)CC(C)(C)C. The largest absolute Gasteiger partial charge is 0.239 e. The Morgan fingerprint density at radius 1 is 0.521 bits per heavy atom. The third kappa shape index (κ3) is 57.4. The van der Waals surface area contributed by atoms with Crippen molar-refractivity contribution in [3.8, 4) is 0 Å². The van der Waals surface area contributed by atoms with Crippen LogP contribution in [0.2, 0.25) is 0 Å². The lowest BCUT2D eigenvalue weighted by atomic mass is 9.78. The van der Waals surface area contributed by atoms with Crippen LogP contribution in [0.5, 0.6) is 0 Å². The van der Waals surface area contributed by atoms with Gasteiger partial charge in [0.1, 0.15) is 0 Å². The van der Waals surface area contributed by atoms with Crippen molar-refractivity contribution >= 4 is 0 Å². The van der Waals surface area contributed by atoms with Crippen LogP contribution in [-0.4, -0.2) is 6.43 Å². The highest BCUT2D eigenvalue weighted by atomic mass is 19.3. The summed E-state index contributed by atoms with van der Waals surface area (Å²) in [5.41, 5.74) is 3.62. The number of unbranched alkanes of at least 4 members (excludes halogenated alkanes) is 1. The van der Waals surface area contributed by atoms with Crippen molar-refractivity contribution in [2.45, 2.75) is 217 Å². The Kier molecular flexibility index (Phi) is 28.2. The van der Waals surface area contributed by atoms with Crippen molar-refractivity contribution in [1.82, 2.24) is 0 Å². The molecule has 1 unspecified atom stereocenters. The maximum absolute atomic E-state index is 11.5. The molecule has 0 nitrogen and oxygen atoms in total. The molecule has 1 rings (SSSR count). The van der Waals surface area contributed by atoms with Gasteiger partial charge in [-0.25, -0.2) is 8.78 Å². The molecule has 1 aromatic rings. The fourth-order valence-electron chi connectivity index (χ4n) is 6.30. The highest BCUT2D eigenvalue weighted by Crippen LogP contribution is 2.32. The second-order valence-corrected chi connectivity index (χ2v) is 22.0. The van der Waals surface area contributed by atoms with Crippen molar-refractivity contribution < 1.29 is 8.78 Å². The lowest BCUT2D eigenvalue weighted by molar-refractivity contribution is 0.0944. The first kappa shape index (κ1) is 53.9. The van der Waals surface area contributed by atoms with E-state index in [0.717, 1.165) is 18.3 Å². The summed E-state index contributed by atoms with van der Waals surface area (Å²) in [6.07, 6.45) is 8.56. The summed E-state index contributed by atoms with van der Waals surface area (Å²) < 4.78 is 23.1. The van der Waals surface area contributed by atoms with E-state index < -0.39 is 6.43 Å². The standard InChI is InChI=1S/C12H26.C11H16.C9H20.C8H18.C6H12F2/c1-6-8-9-11(7-2)10-12(3,4)5;1-11(2,3)9-10-7-5-4-6-8-10;1-8(2,3)7-9(4,5)6;1-7(2)6-8(3,4)5;1-6(2,3)4-5(7)8/h11H,6-10H2,1-5H3;4-8H,9H2,1-3H3;7H2,1-6H3;7H,6H2,1-5H3;5H,4H2,1-3H3. The number of halogens is 2. The van der Waals surface area contributed by atoms with Crippen LogP contribution in [-0.2, 0) is 6.42 Å². The third-order valence-corrected chi connectivity index (χ3v) is 6.87. The molecule has 290 valence electrons. The van der Waals surface area contributed by atoms with Crippen LogP contribution in [0, 0.1) is 44.3 Å². The molecule has 0 aromatic heterocycles. The molecule has 0 spiro atoms. The summed E-state index contributed by atoms with van der Waals surface area (Å²) in [6, 6.07) is 10.6. The van der Waals surface area contributed by atoms with Gasteiger partial charge in [-0.05, 0) is 75.6 Å². The fourth-order valence-corrected chi connectivity index (χ4v) is 6.30. The zero-order valence-electron chi connectivity index (χ0n) is 37.2. The lowest BCUT2D eigenvalue weighted by Gasteiger charge is -2.28. The van der Waals surface area contributed by atoms with Crippen LogP contribution in [0.15, 0.2) is 30.3 Å². The molecule has 0 amide bonds. The summed E-state index contributed by atoms with van der Waals surface area (Å²) >= 11 is 0. The summed E-state index contributed by atoms with van der Waals surface area (Å²) in [5.74, 6) is 1.81. The van der Waals surface area contributed by atoms with Crippen LogP contribution in [0.25, 0.3) is 0 Å². The molecule has 0 saturated heterocycles. The van der Waals surface area contributed by atoms with E-state index in [4.69, 9.17) is 0 Å². The van der Waals surface area contributed by atoms with E-state index in [1.807, 2.05) is 0 Å². The second-order valence-electron chi connectivity index (χ2n) is 22.0. The van der Waals surface area contributed by atoms with E-state index in [2.05, 4.69) is 162 Å². The van der Waals surface area contributed by atoms with E-state index in [9.17, 15) is 8.78 Å². The van der Waals surface area contributed by atoms with E-state index in [-0.39, 0.29) is 11.8 Å². The van der Waals surface area contributed by atoms with Crippen molar-refractivity contribution in [1.29, 1.82) is 0 Å². The van der Waals surface area contributed by atoms with Gasteiger partial charge in [0.05, 0.1) is 0 Å². The van der Waals surface area contributed by atoms with Crippen molar-refractivity contribution in [3.05, 3.63) is 35.9 Å². The molecule has 0 aliphatic carbocycles. The molecular formula is C46H92F2. The maximum atomic E-state index is 11.5. The van der Waals surface area contributed by atoms with Gasteiger partial charge in [0.2, 0.25) is 6.43 Å². The average molecular weight is 683 g/mol. The molecule has 0 saturated carbocycles. The predicted molar refractivity (Wildman–Crippen MR) is 219 cm³/mol. The van der Waals surface area contributed by atoms with Crippen LogP contribution in [0.1, 0.15) is 209 Å². The molecule has 1 atom stereocenters. The normalized spacial score (nSPS) is 13.2. The Labute approximate surface area is 304 Å². The Morgan fingerprint density at radius 2 is 0.917 bits per heavy atom. The zero-order valence-corrected chi connectivity index (χ0v) is 37.2. The van der Waals surface area contributed by atoms with E-state index in [1.165, 1.54) is 50.5 Å². The molecule has 0 N–H and O–H groups in total. The Bertz CT molecular complexity index is 790. The predicted octanol–water partition coefficient (Wildman–Crippen LogP) is 17.1. The molecule has 0 aliphatic rings. The molecule has 0 bridgehead atoms. The summed E-state index contributed by atoms with van der Waals surface area (Å²) in [4.78, 5) is 0. The fraction of sp³-hybridized carbons (Fsp3) is 0.870. The summed E-state index contributed by atoms with van der Waals surface area (Å²) in [7, 11) is 0. The number of rotatable bonds is 8. The summed E-state index contributed by atoms with van der Waals surface area (Å²) in [5, 5.41) is 0. The minimum absolute atomic E-state index is 0.00694. The van der Waals surface area contributed by atoms with Crippen molar-refractivity contribution in [2.75, 3.05) is 0 Å². The van der Waals surface area contributed by atoms with Crippen LogP contribution in [0.4, 0.5) is 8.78 Å². The van der Waals surface area contributed by atoms with Gasteiger partial charge in [-0.15, -0.1) is 0 Å². The number of hydrogen-bond donors (Lipinski definition) is 0. The first-order valence-corrected chi connectivity index (χ1v) is 19.4. The van der Waals surface area contributed by atoms with Crippen LogP contribution in [0.3, 0.4) is 0 Å². The van der Waals surface area contributed by atoms with Gasteiger partial charge in [0.15, 0.2) is 0 Å². The highest BCUT2D eigenvalue weighted by Gasteiger charge is 2.20. The molecular weight excluding hydrogens is 591 g/mol. The minimum Gasteiger partial charge on any atom is -0.211 e. The molecule has 2 heteroatoms. The Balaban J connectivity index is -0.000000255. The smallest absolute Gasteiger partial charge is 0.211 e. The van der Waals surface area contributed by atoms with Gasteiger partial charge in [0, 0.05) is 6.42 Å². The maximum Gasteiger partial charge on any atom is 0.239 e. The van der Waals surface area contributed by atoms with Gasteiger partial charge in [-0.3, -0.25) is 0 Å². The highest BCUT2D eigenvalue weighted by molar-refractivity contribution is 5.15. The summed E-state index contributed by atoms with van der Waals surface area (Å²) in [6.45, 7) is 49.0. The van der Waals surface area contributed by atoms with E-state index >= 15 is 0 Å². The molecule has 48 heavy (non-hydrogen) atoms. The van der Waals surface area contributed by atoms with Gasteiger partial charge in [-0.2, -0.15) is 0 Å². The molecule has 0 aliphatic heterocycles. The monoisotopic (exact) mass is 683 g/mol. The zero-order chi connectivity index (χ0) is 39.2. The lowest BCUT2D eigenvalue weighted by Crippen LogP contribution is -2.16. The first-order valence-electron chi connectivity index (χ1n) is 19.4. The number of alkyl halides is 2. The van der Waals surface area contributed by atoms with Gasteiger partial charge < -0.3 is 0 Å². The van der Waals surface area contributed by atoms with Gasteiger partial charge in [0.25, 0.3) is 0 Å². The van der Waals surface area contributed by atoms with E-state index in [0.29, 0.717) is 27.1 Å². The van der Waals surface area contributed by atoms with Gasteiger partial charge >= 0.3 is 0 Å². The Morgan fingerprint density at radius 3 is 1.10 bits per heavy atom. The topological polar surface area (TPSA) is 0 Å². The molecule has 0 heterocycles.